The molecule has 164 valence electrons. The summed E-state index contributed by atoms with van der Waals surface area (Å²) in [6.07, 6.45) is 6.91. The lowest BCUT2D eigenvalue weighted by Crippen LogP contribution is -2.44. The van der Waals surface area contributed by atoms with Crippen LogP contribution in [0.3, 0.4) is 0 Å². The second kappa shape index (κ2) is 11.2. The van der Waals surface area contributed by atoms with Gasteiger partial charge < -0.3 is 20.2 Å². The molecule has 2 aromatic rings. The highest BCUT2D eigenvalue weighted by molar-refractivity contribution is 5.79. The molecule has 30 heavy (non-hydrogen) atoms. The molecule has 0 spiro atoms. The van der Waals surface area contributed by atoms with Crippen molar-refractivity contribution in [3.8, 4) is 0 Å². The number of guanidine groups is 1. The Balaban J connectivity index is 1.58. The summed E-state index contributed by atoms with van der Waals surface area (Å²) in [5, 5.41) is 17.1. The van der Waals surface area contributed by atoms with E-state index < -0.39 is 5.60 Å². The van der Waals surface area contributed by atoms with E-state index in [4.69, 9.17) is 9.41 Å². The van der Waals surface area contributed by atoms with Crippen molar-refractivity contribution in [2.45, 2.75) is 58.2 Å². The molecule has 2 heterocycles. The number of nitrogens with zero attached hydrogens (tertiary/aromatic N) is 2. The zero-order chi connectivity index (χ0) is 21.2. The molecule has 0 amide bonds. The number of rotatable bonds is 8. The molecular weight excluding hydrogens is 376 g/mol. The van der Waals surface area contributed by atoms with Gasteiger partial charge in [-0.2, -0.15) is 0 Å². The van der Waals surface area contributed by atoms with Gasteiger partial charge in [-0.15, -0.1) is 0 Å². The summed E-state index contributed by atoms with van der Waals surface area (Å²) in [5.74, 6) is 1.22. The first-order valence-corrected chi connectivity index (χ1v) is 11.2. The predicted molar refractivity (Wildman–Crippen MR) is 121 cm³/mol. The fourth-order valence-corrected chi connectivity index (χ4v) is 3.82. The van der Waals surface area contributed by atoms with Crippen molar-refractivity contribution in [1.82, 2.24) is 15.5 Å². The monoisotopic (exact) mass is 412 g/mol. The minimum absolute atomic E-state index is 0.307. The molecule has 1 aromatic heterocycles. The van der Waals surface area contributed by atoms with Gasteiger partial charge in [-0.3, -0.25) is 4.90 Å². The van der Waals surface area contributed by atoms with Gasteiger partial charge >= 0.3 is 0 Å². The number of likely N-dealkylation sites (tertiary alicyclic amines) is 1. The maximum absolute atomic E-state index is 10.6. The first-order chi connectivity index (χ1) is 14.6. The maximum atomic E-state index is 10.6. The van der Waals surface area contributed by atoms with Gasteiger partial charge in [0, 0.05) is 13.1 Å². The van der Waals surface area contributed by atoms with E-state index in [0.29, 0.717) is 24.8 Å². The van der Waals surface area contributed by atoms with E-state index in [2.05, 4.69) is 39.8 Å². The van der Waals surface area contributed by atoms with Gasteiger partial charge in [-0.1, -0.05) is 37.1 Å². The normalized spacial score (nSPS) is 17.9. The zero-order valence-corrected chi connectivity index (χ0v) is 18.4. The summed E-state index contributed by atoms with van der Waals surface area (Å²) >= 11 is 0. The van der Waals surface area contributed by atoms with Crippen LogP contribution in [-0.4, -0.2) is 42.1 Å². The molecular formula is C24H36N4O2. The Morgan fingerprint density at radius 1 is 1.10 bits per heavy atom. The third-order valence-electron chi connectivity index (χ3n) is 5.51. The molecule has 1 aliphatic rings. The van der Waals surface area contributed by atoms with Crippen LogP contribution in [0.5, 0.6) is 0 Å². The van der Waals surface area contributed by atoms with Crippen molar-refractivity contribution in [3.05, 3.63) is 59.5 Å². The Morgan fingerprint density at radius 3 is 2.57 bits per heavy atom. The molecule has 1 atom stereocenters. The summed E-state index contributed by atoms with van der Waals surface area (Å²) in [6, 6.07) is 12.3. The summed E-state index contributed by atoms with van der Waals surface area (Å²) in [5.41, 5.74) is 1.44. The summed E-state index contributed by atoms with van der Waals surface area (Å²) in [4.78, 5) is 7.28. The molecule has 1 saturated heterocycles. The van der Waals surface area contributed by atoms with Crippen molar-refractivity contribution < 1.29 is 9.52 Å². The number of benzene rings is 1. The van der Waals surface area contributed by atoms with Crippen LogP contribution in [0.4, 0.5) is 0 Å². The lowest BCUT2D eigenvalue weighted by atomic mass is 10.0. The van der Waals surface area contributed by atoms with Crippen LogP contribution in [0.25, 0.3) is 0 Å². The average molecular weight is 413 g/mol. The van der Waals surface area contributed by atoms with Crippen LogP contribution >= 0.6 is 0 Å². The SMILES string of the molecule is CCNC(=NCc1cccc(CN2CCCCCC2)c1)NCC(C)(O)c1ccco1. The van der Waals surface area contributed by atoms with Crippen LogP contribution in [-0.2, 0) is 18.7 Å². The molecule has 1 aliphatic heterocycles. The number of aliphatic hydroxyl groups is 1. The van der Waals surface area contributed by atoms with Crippen LogP contribution in [0.15, 0.2) is 52.1 Å². The quantitative estimate of drug-likeness (QED) is 0.456. The van der Waals surface area contributed by atoms with Crippen LogP contribution in [0, 0.1) is 0 Å². The number of nitrogens with one attached hydrogen (secondary N) is 2. The fourth-order valence-electron chi connectivity index (χ4n) is 3.82. The molecule has 0 saturated carbocycles. The van der Waals surface area contributed by atoms with Crippen molar-refractivity contribution in [2.75, 3.05) is 26.2 Å². The number of aliphatic imine (C=N–C) groups is 1. The third kappa shape index (κ3) is 6.89. The Labute approximate surface area is 180 Å². The van der Waals surface area contributed by atoms with E-state index >= 15 is 0 Å². The zero-order valence-electron chi connectivity index (χ0n) is 18.4. The van der Waals surface area contributed by atoms with Gasteiger partial charge in [0.15, 0.2) is 5.96 Å². The lowest BCUT2D eigenvalue weighted by molar-refractivity contribution is 0.0386. The highest BCUT2D eigenvalue weighted by atomic mass is 16.4. The Bertz CT molecular complexity index is 778. The van der Waals surface area contributed by atoms with E-state index in [0.717, 1.165) is 13.1 Å². The molecule has 0 radical (unpaired) electrons. The Morgan fingerprint density at radius 2 is 1.87 bits per heavy atom. The molecule has 0 bridgehead atoms. The predicted octanol–water partition coefficient (Wildman–Crippen LogP) is 3.62. The molecule has 3 N–H and O–H groups in total. The van der Waals surface area contributed by atoms with E-state index in [9.17, 15) is 5.11 Å². The standard InChI is InChI=1S/C24H36N4O2/c1-3-25-23(27-19-24(2,29)22-12-9-15-30-22)26-17-20-10-8-11-21(16-20)18-28-13-6-4-5-7-14-28/h8-12,15-16,29H,3-7,13-14,17-19H2,1-2H3,(H2,25,26,27). The number of hydrogen-bond acceptors (Lipinski definition) is 4. The van der Waals surface area contributed by atoms with Crippen LogP contribution in [0.1, 0.15) is 56.4 Å². The summed E-state index contributed by atoms with van der Waals surface area (Å²) < 4.78 is 5.35. The van der Waals surface area contributed by atoms with Gasteiger partial charge in [-0.25, -0.2) is 4.99 Å². The van der Waals surface area contributed by atoms with Crippen molar-refractivity contribution in [3.63, 3.8) is 0 Å². The Hall–Kier alpha value is -2.31. The van der Waals surface area contributed by atoms with Gasteiger partial charge in [0.25, 0.3) is 0 Å². The fraction of sp³-hybridized carbons (Fsp3) is 0.542. The van der Waals surface area contributed by atoms with E-state index in [1.165, 1.54) is 49.9 Å². The van der Waals surface area contributed by atoms with Gasteiger partial charge in [0.05, 0.1) is 19.4 Å². The minimum atomic E-state index is -1.10. The number of hydrogen-bond donors (Lipinski definition) is 3. The van der Waals surface area contributed by atoms with E-state index in [1.807, 2.05) is 6.92 Å². The molecule has 6 heteroatoms. The molecule has 6 nitrogen and oxygen atoms in total. The highest BCUT2D eigenvalue weighted by Crippen LogP contribution is 2.19. The van der Waals surface area contributed by atoms with Gasteiger partial charge in [-0.05, 0) is 63.0 Å². The highest BCUT2D eigenvalue weighted by Gasteiger charge is 2.26. The number of furan rings is 1. The first kappa shape index (κ1) is 22.4. The third-order valence-corrected chi connectivity index (χ3v) is 5.51. The first-order valence-electron chi connectivity index (χ1n) is 11.2. The molecule has 1 fully saturated rings. The lowest BCUT2D eigenvalue weighted by Gasteiger charge is -2.22. The summed E-state index contributed by atoms with van der Waals surface area (Å²) in [7, 11) is 0. The van der Waals surface area contributed by atoms with Gasteiger partial charge in [0.2, 0.25) is 0 Å². The molecule has 0 aliphatic carbocycles. The molecule has 1 aromatic carbocycles. The van der Waals surface area contributed by atoms with Crippen molar-refractivity contribution >= 4 is 5.96 Å². The van der Waals surface area contributed by atoms with E-state index in [-0.39, 0.29) is 0 Å². The average Bonchev–Trinajstić information content (AvgIpc) is 3.18. The van der Waals surface area contributed by atoms with Crippen molar-refractivity contribution in [2.24, 2.45) is 4.99 Å². The van der Waals surface area contributed by atoms with E-state index in [1.54, 1.807) is 25.3 Å². The Kier molecular flexibility index (Phi) is 8.34. The topological polar surface area (TPSA) is 73.0 Å². The second-order valence-electron chi connectivity index (χ2n) is 8.31. The van der Waals surface area contributed by atoms with Crippen LogP contribution < -0.4 is 10.6 Å². The minimum Gasteiger partial charge on any atom is -0.466 e. The van der Waals surface area contributed by atoms with Gasteiger partial charge in [0.1, 0.15) is 11.4 Å². The second-order valence-corrected chi connectivity index (χ2v) is 8.31. The smallest absolute Gasteiger partial charge is 0.191 e. The van der Waals surface area contributed by atoms with Crippen molar-refractivity contribution in [1.29, 1.82) is 0 Å². The molecule has 1 unspecified atom stereocenters. The largest absolute Gasteiger partial charge is 0.466 e. The van der Waals surface area contributed by atoms with Crippen LogP contribution in [0.2, 0.25) is 0 Å². The maximum Gasteiger partial charge on any atom is 0.191 e. The molecule has 3 rings (SSSR count). The summed E-state index contributed by atoms with van der Waals surface area (Å²) in [6.45, 7) is 8.83.